The average Bonchev–Trinajstić information content (AvgIpc) is 2.63. The lowest BCUT2D eigenvalue weighted by Gasteiger charge is -2.17. The third-order valence-electron chi connectivity index (χ3n) is 3.48. The second kappa shape index (κ2) is 10.2. The molecular weight excluding hydrogens is 366 g/mol. The predicted octanol–water partition coefficient (Wildman–Crippen LogP) is 1.99. The van der Waals surface area contributed by atoms with Crippen LogP contribution >= 0.6 is 11.8 Å². The minimum atomic E-state index is -0.907. The molecule has 1 atom stereocenters. The van der Waals surface area contributed by atoms with E-state index in [-0.39, 0.29) is 36.5 Å². The van der Waals surface area contributed by atoms with E-state index in [0.717, 1.165) is 10.5 Å². The molecule has 0 aliphatic rings. The number of hydrogen-bond acceptors (Lipinski definition) is 5. The predicted molar refractivity (Wildman–Crippen MR) is 105 cm³/mol. The fraction of sp³-hybridized carbons (Fsp3) is 0.222. The van der Waals surface area contributed by atoms with Gasteiger partial charge in [-0.2, -0.15) is 0 Å². The van der Waals surface area contributed by atoms with E-state index in [9.17, 15) is 14.7 Å². The molecule has 1 amide bonds. The molecule has 1 aromatic heterocycles. The van der Waals surface area contributed by atoms with Gasteiger partial charge in [0.1, 0.15) is 0 Å². The summed E-state index contributed by atoms with van der Waals surface area (Å²) in [4.78, 5) is 32.0. The summed E-state index contributed by atoms with van der Waals surface area (Å²) in [6.07, 6.45) is 3.36. The lowest BCUT2D eigenvalue weighted by molar-refractivity contribution is -0.137. The van der Waals surface area contributed by atoms with Gasteiger partial charge in [-0.15, -0.1) is 11.8 Å². The second-order valence-electron chi connectivity index (χ2n) is 5.59. The van der Waals surface area contributed by atoms with E-state index in [4.69, 9.17) is 11.5 Å². The molecule has 9 heteroatoms. The molecule has 0 saturated heterocycles. The van der Waals surface area contributed by atoms with E-state index >= 15 is 0 Å². The first-order valence-electron chi connectivity index (χ1n) is 8.18. The molecule has 0 bridgehead atoms. The largest absolute Gasteiger partial charge is 0.481 e. The molecule has 0 radical (unpaired) electrons. The Morgan fingerprint density at radius 1 is 1.22 bits per heavy atom. The van der Waals surface area contributed by atoms with Crippen molar-refractivity contribution in [1.29, 1.82) is 0 Å². The van der Waals surface area contributed by atoms with Gasteiger partial charge in [-0.25, -0.2) is 0 Å². The summed E-state index contributed by atoms with van der Waals surface area (Å²) in [5.41, 5.74) is 11.9. The molecule has 0 fully saturated rings. The molecule has 6 N–H and O–H groups in total. The van der Waals surface area contributed by atoms with Crippen molar-refractivity contribution in [1.82, 2.24) is 4.98 Å². The monoisotopic (exact) mass is 387 g/mol. The number of aliphatic imine (C=N–C) groups is 1. The van der Waals surface area contributed by atoms with Crippen LogP contribution in [0.5, 0.6) is 0 Å². The first-order chi connectivity index (χ1) is 13.0. The van der Waals surface area contributed by atoms with Crippen LogP contribution in [0.3, 0.4) is 0 Å². The number of carbonyl (C=O) groups is 2. The third-order valence-corrected chi connectivity index (χ3v) is 4.81. The van der Waals surface area contributed by atoms with Gasteiger partial charge in [0.25, 0.3) is 0 Å². The summed E-state index contributed by atoms with van der Waals surface area (Å²) in [6.45, 7) is 0.195. The Morgan fingerprint density at radius 3 is 2.67 bits per heavy atom. The van der Waals surface area contributed by atoms with Crippen molar-refractivity contribution in [2.45, 2.75) is 23.0 Å². The van der Waals surface area contributed by atoms with Gasteiger partial charge in [0.15, 0.2) is 5.96 Å². The standard InChI is InChI=1S/C18H21N5O3S/c19-18(20)22-9-7-16(24)23-13-5-1-2-6-14(13)27-15(10-17(25)26)12-4-3-8-21-11-12/h1-6,8,11,15H,7,9-10H2,(H,23,24)(H,25,26)(H4,19,20,22). The van der Waals surface area contributed by atoms with Crippen LogP contribution in [0.25, 0.3) is 0 Å². The Labute approximate surface area is 161 Å². The number of benzene rings is 1. The highest BCUT2D eigenvalue weighted by Crippen LogP contribution is 2.40. The van der Waals surface area contributed by atoms with Gasteiger partial charge >= 0.3 is 5.97 Å². The van der Waals surface area contributed by atoms with E-state index in [0.29, 0.717) is 5.69 Å². The summed E-state index contributed by atoms with van der Waals surface area (Å²) in [5.74, 6) is -1.20. The number of carboxylic acids is 1. The maximum Gasteiger partial charge on any atom is 0.304 e. The zero-order valence-corrected chi connectivity index (χ0v) is 15.4. The molecule has 2 rings (SSSR count). The Balaban J connectivity index is 2.14. The van der Waals surface area contributed by atoms with Crippen LogP contribution in [0.15, 0.2) is 58.7 Å². The van der Waals surface area contributed by atoms with Crippen molar-refractivity contribution < 1.29 is 14.7 Å². The highest BCUT2D eigenvalue weighted by Gasteiger charge is 2.19. The average molecular weight is 387 g/mol. The van der Waals surface area contributed by atoms with Crippen molar-refractivity contribution >= 4 is 35.3 Å². The highest BCUT2D eigenvalue weighted by atomic mass is 32.2. The SMILES string of the molecule is NC(N)=NCCC(=O)Nc1ccccc1SC(CC(=O)O)c1cccnc1. The molecule has 8 nitrogen and oxygen atoms in total. The number of para-hydroxylation sites is 1. The lowest BCUT2D eigenvalue weighted by atomic mass is 10.1. The molecule has 1 aromatic carbocycles. The van der Waals surface area contributed by atoms with Crippen LogP contribution < -0.4 is 16.8 Å². The number of amides is 1. The van der Waals surface area contributed by atoms with Gasteiger partial charge in [-0.05, 0) is 23.8 Å². The zero-order chi connectivity index (χ0) is 19.6. The van der Waals surface area contributed by atoms with Gasteiger partial charge < -0.3 is 21.9 Å². The number of thioether (sulfide) groups is 1. The molecule has 1 heterocycles. The Kier molecular flexibility index (Phi) is 7.63. The zero-order valence-electron chi connectivity index (χ0n) is 14.5. The van der Waals surface area contributed by atoms with Crippen molar-refractivity contribution in [2.75, 3.05) is 11.9 Å². The number of anilines is 1. The van der Waals surface area contributed by atoms with E-state index in [1.165, 1.54) is 11.8 Å². The summed E-state index contributed by atoms with van der Waals surface area (Å²) >= 11 is 1.36. The number of pyridine rings is 1. The van der Waals surface area contributed by atoms with Gasteiger partial charge in [0.2, 0.25) is 5.91 Å². The van der Waals surface area contributed by atoms with Gasteiger partial charge in [0.05, 0.1) is 18.7 Å². The topological polar surface area (TPSA) is 144 Å². The van der Waals surface area contributed by atoms with Crippen LogP contribution in [0.4, 0.5) is 5.69 Å². The lowest BCUT2D eigenvalue weighted by Crippen LogP contribution is -2.23. The number of aliphatic carboxylic acids is 1. The number of guanidine groups is 1. The fourth-order valence-corrected chi connectivity index (χ4v) is 3.49. The maximum absolute atomic E-state index is 12.1. The summed E-state index contributed by atoms with van der Waals surface area (Å²) < 4.78 is 0. The number of nitrogens with two attached hydrogens (primary N) is 2. The van der Waals surface area contributed by atoms with E-state index in [1.807, 2.05) is 18.2 Å². The summed E-state index contributed by atoms with van der Waals surface area (Å²) in [6, 6.07) is 10.8. The van der Waals surface area contributed by atoms with Crippen molar-refractivity contribution in [3.05, 3.63) is 54.4 Å². The number of rotatable bonds is 9. The highest BCUT2D eigenvalue weighted by molar-refractivity contribution is 7.99. The van der Waals surface area contributed by atoms with Gasteiger partial charge in [-0.3, -0.25) is 19.6 Å². The summed E-state index contributed by atoms with van der Waals surface area (Å²) in [7, 11) is 0. The first kappa shape index (κ1) is 20.2. The van der Waals surface area contributed by atoms with Crippen LogP contribution in [-0.4, -0.2) is 34.5 Å². The van der Waals surface area contributed by atoms with E-state index in [1.54, 1.807) is 30.6 Å². The fourth-order valence-electron chi connectivity index (χ4n) is 2.28. The second-order valence-corrected chi connectivity index (χ2v) is 6.84. The molecule has 0 aliphatic carbocycles. The van der Waals surface area contributed by atoms with Crippen molar-refractivity contribution in [3.8, 4) is 0 Å². The Hall–Kier alpha value is -3.07. The molecule has 0 spiro atoms. The molecule has 0 saturated carbocycles. The third kappa shape index (κ3) is 6.98. The number of carbonyl (C=O) groups excluding carboxylic acids is 1. The Bertz CT molecular complexity index is 810. The molecule has 1 unspecified atom stereocenters. The number of aromatic nitrogens is 1. The molecule has 2 aromatic rings. The smallest absolute Gasteiger partial charge is 0.304 e. The van der Waals surface area contributed by atoms with Crippen LogP contribution in [0.2, 0.25) is 0 Å². The maximum atomic E-state index is 12.1. The van der Waals surface area contributed by atoms with E-state index < -0.39 is 5.97 Å². The summed E-state index contributed by atoms with van der Waals surface area (Å²) in [5, 5.41) is 11.7. The van der Waals surface area contributed by atoms with Gasteiger partial charge in [0, 0.05) is 29.0 Å². The number of hydrogen-bond donors (Lipinski definition) is 4. The van der Waals surface area contributed by atoms with Crippen LogP contribution in [0.1, 0.15) is 23.7 Å². The van der Waals surface area contributed by atoms with Crippen LogP contribution in [-0.2, 0) is 9.59 Å². The normalized spacial score (nSPS) is 11.4. The molecule has 142 valence electrons. The van der Waals surface area contributed by atoms with Gasteiger partial charge in [-0.1, -0.05) is 18.2 Å². The number of nitrogens with one attached hydrogen (secondary N) is 1. The van der Waals surface area contributed by atoms with Crippen molar-refractivity contribution in [2.24, 2.45) is 16.5 Å². The Morgan fingerprint density at radius 2 is 2.00 bits per heavy atom. The molecule has 27 heavy (non-hydrogen) atoms. The quantitative estimate of drug-likeness (QED) is 0.292. The van der Waals surface area contributed by atoms with E-state index in [2.05, 4.69) is 15.3 Å². The minimum absolute atomic E-state index is 0.0632. The van der Waals surface area contributed by atoms with Crippen LogP contribution in [0, 0.1) is 0 Å². The minimum Gasteiger partial charge on any atom is -0.481 e. The molecule has 0 aliphatic heterocycles. The number of nitrogens with zero attached hydrogens (tertiary/aromatic N) is 2. The number of carboxylic acid groups (broad SMARTS) is 1. The molecular formula is C18H21N5O3S. The first-order valence-corrected chi connectivity index (χ1v) is 9.06. The van der Waals surface area contributed by atoms with Crippen molar-refractivity contribution in [3.63, 3.8) is 0 Å².